The molecule has 0 aliphatic carbocycles. The number of hydrogen-bond donors (Lipinski definition) is 6. The number of aliphatic hydroxyl groups is 1. The molecule has 0 bridgehead atoms. The number of carbonyl (C=O) groups is 4. The van der Waals surface area contributed by atoms with Crippen molar-refractivity contribution in [3.8, 4) is 0 Å². The lowest BCUT2D eigenvalue weighted by molar-refractivity contribution is -0.144. The van der Waals surface area contributed by atoms with Crippen LogP contribution in [-0.4, -0.2) is 63.8 Å². The highest BCUT2D eigenvalue weighted by molar-refractivity contribution is 5.94. The first-order chi connectivity index (χ1) is 12.2. The second-order valence-electron chi connectivity index (χ2n) is 5.54. The van der Waals surface area contributed by atoms with Crippen molar-refractivity contribution in [2.24, 2.45) is 5.73 Å². The van der Waals surface area contributed by atoms with Crippen LogP contribution in [-0.2, 0) is 25.6 Å². The van der Waals surface area contributed by atoms with Crippen molar-refractivity contribution in [2.45, 2.75) is 31.0 Å². The van der Waals surface area contributed by atoms with E-state index < -0.39 is 54.9 Å². The van der Waals surface area contributed by atoms with Gasteiger partial charge >= 0.3 is 11.9 Å². The maximum absolute atomic E-state index is 12.2. The van der Waals surface area contributed by atoms with Gasteiger partial charge in [-0.2, -0.15) is 0 Å². The summed E-state index contributed by atoms with van der Waals surface area (Å²) in [4.78, 5) is 46.0. The molecular weight excluding hydrogens is 346 g/mol. The first kappa shape index (κ1) is 21.1. The standard InChI is InChI=1S/C16H21N3O7/c17-10(6-9-4-2-1-3-5-9)14(23)18-11(7-13(21)22)15(24)19-12(8-20)16(25)26/h1-5,10-12,20H,6-8,17H2,(H,18,23)(H,19,24)(H,21,22)(H,25,26)/t10-,11-,12-/m0/s1. The molecule has 0 aliphatic heterocycles. The molecule has 1 aromatic rings. The van der Waals surface area contributed by atoms with Gasteiger partial charge in [-0.1, -0.05) is 30.3 Å². The third-order valence-electron chi connectivity index (χ3n) is 3.44. The zero-order valence-corrected chi connectivity index (χ0v) is 13.8. The van der Waals surface area contributed by atoms with Gasteiger partial charge in [0.05, 0.1) is 19.1 Å². The molecule has 10 nitrogen and oxygen atoms in total. The molecule has 0 fully saturated rings. The van der Waals surface area contributed by atoms with Crippen LogP contribution in [0, 0.1) is 0 Å². The van der Waals surface area contributed by atoms with Crippen LogP contribution in [0.2, 0.25) is 0 Å². The Labute approximate surface area is 149 Å². The molecule has 142 valence electrons. The summed E-state index contributed by atoms with van der Waals surface area (Å²) in [5.74, 6) is -4.68. The van der Waals surface area contributed by atoms with Crippen molar-refractivity contribution in [2.75, 3.05) is 6.61 Å². The second-order valence-corrected chi connectivity index (χ2v) is 5.54. The number of aliphatic carboxylic acids is 2. The Bertz CT molecular complexity index is 651. The Morgan fingerprint density at radius 1 is 0.962 bits per heavy atom. The molecule has 10 heteroatoms. The monoisotopic (exact) mass is 367 g/mol. The van der Waals surface area contributed by atoms with E-state index in [0.717, 1.165) is 5.56 Å². The van der Waals surface area contributed by atoms with E-state index in [9.17, 15) is 19.2 Å². The molecule has 0 saturated heterocycles. The van der Waals surface area contributed by atoms with Crippen molar-refractivity contribution in [3.63, 3.8) is 0 Å². The summed E-state index contributed by atoms with van der Waals surface area (Å²) in [5, 5.41) is 30.8. The van der Waals surface area contributed by atoms with Gasteiger partial charge in [0, 0.05) is 0 Å². The maximum Gasteiger partial charge on any atom is 0.328 e. The molecule has 0 heterocycles. The molecule has 0 spiro atoms. The van der Waals surface area contributed by atoms with Crippen LogP contribution in [0.25, 0.3) is 0 Å². The number of nitrogens with one attached hydrogen (secondary N) is 2. The fourth-order valence-corrected chi connectivity index (χ4v) is 2.08. The SMILES string of the molecule is N[C@@H](Cc1ccccc1)C(=O)N[C@@H](CC(=O)O)C(=O)N[C@@H](CO)C(=O)O. The quantitative estimate of drug-likeness (QED) is 0.277. The Morgan fingerprint density at radius 3 is 2.04 bits per heavy atom. The minimum absolute atomic E-state index is 0.169. The van der Waals surface area contributed by atoms with E-state index in [1.54, 1.807) is 30.3 Å². The van der Waals surface area contributed by atoms with Gasteiger partial charge in [0.1, 0.15) is 12.1 Å². The Balaban J connectivity index is 2.76. The van der Waals surface area contributed by atoms with Gasteiger partial charge in [-0.05, 0) is 12.0 Å². The largest absolute Gasteiger partial charge is 0.481 e. The number of carbonyl (C=O) groups excluding carboxylic acids is 2. The predicted octanol–water partition coefficient (Wildman–Crippen LogP) is -1.92. The normalized spacial score (nSPS) is 13.9. The maximum atomic E-state index is 12.2. The number of carboxylic acid groups (broad SMARTS) is 2. The summed E-state index contributed by atoms with van der Waals surface area (Å²) in [6.45, 7) is -0.887. The summed E-state index contributed by atoms with van der Waals surface area (Å²) >= 11 is 0. The molecule has 26 heavy (non-hydrogen) atoms. The zero-order valence-electron chi connectivity index (χ0n) is 13.8. The number of aliphatic hydroxyl groups excluding tert-OH is 1. The summed E-state index contributed by atoms with van der Waals surface area (Å²) in [5.41, 5.74) is 6.56. The number of amides is 2. The van der Waals surface area contributed by atoms with Crippen LogP contribution in [0.3, 0.4) is 0 Å². The summed E-state index contributed by atoms with van der Waals surface area (Å²) < 4.78 is 0. The highest BCUT2D eigenvalue weighted by Gasteiger charge is 2.29. The first-order valence-corrected chi connectivity index (χ1v) is 7.70. The Morgan fingerprint density at radius 2 is 1.54 bits per heavy atom. The van der Waals surface area contributed by atoms with Crippen molar-refractivity contribution in [1.29, 1.82) is 0 Å². The highest BCUT2D eigenvalue weighted by atomic mass is 16.4. The molecule has 3 atom stereocenters. The number of nitrogens with two attached hydrogens (primary N) is 1. The second kappa shape index (κ2) is 10.1. The predicted molar refractivity (Wildman–Crippen MR) is 89.0 cm³/mol. The topological polar surface area (TPSA) is 179 Å². The highest BCUT2D eigenvalue weighted by Crippen LogP contribution is 2.03. The van der Waals surface area contributed by atoms with Gasteiger partial charge in [-0.25, -0.2) is 4.79 Å². The molecule has 0 radical (unpaired) electrons. The van der Waals surface area contributed by atoms with Crippen molar-refractivity contribution in [3.05, 3.63) is 35.9 Å². The van der Waals surface area contributed by atoms with Gasteiger partial charge in [-0.3, -0.25) is 14.4 Å². The van der Waals surface area contributed by atoms with Crippen LogP contribution < -0.4 is 16.4 Å². The zero-order chi connectivity index (χ0) is 19.7. The molecule has 0 saturated carbocycles. The third kappa shape index (κ3) is 6.87. The smallest absolute Gasteiger partial charge is 0.328 e. The lowest BCUT2D eigenvalue weighted by Gasteiger charge is -2.21. The van der Waals surface area contributed by atoms with Gasteiger partial charge in [0.2, 0.25) is 11.8 Å². The fourth-order valence-electron chi connectivity index (χ4n) is 2.08. The van der Waals surface area contributed by atoms with Crippen molar-refractivity contribution in [1.82, 2.24) is 10.6 Å². The molecule has 0 unspecified atom stereocenters. The van der Waals surface area contributed by atoms with Crippen LogP contribution in [0.1, 0.15) is 12.0 Å². The van der Waals surface area contributed by atoms with Crippen molar-refractivity contribution < 1.29 is 34.5 Å². The van der Waals surface area contributed by atoms with E-state index in [-0.39, 0.29) is 6.42 Å². The van der Waals surface area contributed by atoms with E-state index in [0.29, 0.717) is 0 Å². The fraction of sp³-hybridized carbons (Fsp3) is 0.375. The molecule has 1 rings (SSSR count). The summed E-state index contributed by atoms with van der Waals surface area (Å²) in [6.07, 6.45) is -0.601. The van der Waals surface area contributed by atoms with E-state index in [2.05, 4.69) is 5.32 Å². The summed E-state index contributed by atoms with van der Waals surface area (Å²) in [7, 11) is 0. The molecule has 2 amide bonds. The lowest BCUT2D eigenvalue weighted by Crippen LogP contribution is -2.56. The number of hydrogen-bond acceptors (Lipinski definition) is 6. The van der Waals surface area contributed by atoms with Gasteiger partial charge in [-0.15, -0.1) is 0 Å². The molecule has 1 aromatic carbocycles. The number of carboxylic acids is 2. The molecule has 0 aliphatic rings. The lowest BCUT2D eigenvalue weighted by atomic mass is 10.1. The number of benzene rings is 1. The Kier molecular flexibility index (Phi) is 8.19. The molecule has 0 aromatic heterocycles. The first-order valence-electron chi connectivity index (χ1n) is 7.70. The van der Waals surface area contributed by atoms with E-state index >= 15 is 0 Å². The average molecular weight is 367 g/mol. The van der Waals surface area contributed by atoms with E-state index in [1.165, 1.54) is 0 Å². The van der Waals surface area contributed by atoms with Crippen LogP contribution in [0.4, 0.5) is 0 Å². The van der Waals surface area contributed by atoms with Crippen LogP contribution in [0.5, 0.6) is 0 Å². The minimum atomic E-state index is -1.62. The van der Waals surface area contributed by atoms with Crippen LogP contribution in [0.15, 0.2) is 30.3 Å². The van der Waals surface area contributed by atoms with Gasteiger partial charge in [0.15, 0.2) is 0 Å². The van der Waals surface area contributed by atoms with Crippen molar-refractivity contribution >= 4 is 23.8 Å². The summed E-state index contributed by atoms with van der Waals surface area (Å²) in [6, 6.07) is 4.66. The van der Waals surface area contributed by atoms with E-state index in [4.69, 9.17) is 21.1 Å². The molecule has 7 N–H and O–H groups in total. The number of rotatable bonds is 10. The third-order valence-corrected chi connectivity index (χ3v) is 3.44. The average Bonchev–Trinajstić information content (AvgIpc) is 2.58. The van der Waals surface area contributed by atoms with E-state index in [1.807, 2.05) is 5.32 Å². The Hall–Kier alpha value is -2.98. The van der Waals surface area contributed by atoms with Crippen LogP contribution >= 0.6 is 0 Å². The molecular formula is C16H21N3O7. The van der Waals surface area contributed by atoms with Gasteiger partial charge in [0.25, 0.3) is 0 Å². The van der Waals surface area contributed by atoms with Gasteiger partial charge < -0.3 is 31.7 Å². The minimum Gasteiger partial charge on any atom is -0.481 e.